The number of carbonyl (C=O) groups is 2. The van der Waals surface area contributed by atoms with E-state index in [2.05, 4.69) is 0 Å². The number of hydrogen-bond donors (Lipinski definition) is 2. The summed E-state index contributed by atoms with van der Waals surface area (Å²) in [6.45, 7) is 1.72. The molecule has 66 valence electrons. The minimum atomic E-state index is -1.20. The molecule has 0 bridgehead atoms. The standard InChI is InChI=1S/C8H10O4/c1-2-3-4-6(8(11)12)5-7(9)10/h2-4H,5H2,1H3,(H,9,10)(H,11,12)/b3-2+,6-4+. The van der Waals surface area contributed by atoms with E-state index in [1.165, 1.54) is 12.2 Å². The van der Waals surface area contributed by atoms with Crippen LogP contribution in [0.4, 0.5) is 0 Å². The third-order valence-corrected chi connectivity index (χ3v) is 1.11. The highest BCUT2D eigenvalue weighted by atomic mass is 16.4. The molecule has 0 saturated heterocycles. The van der Waals surface area contributed by atoms with Crippen molar-refractivity contribution in [1.29, 1.82) is 0 Å². The van der Waals surface area contributed by atoms with Crippen LogP contribution in [-0.2, 0) is 9.59 Å². The van der Waals surface area contributed by atoms with E-state index in [1.807, 2.05) is 0 Å². The molecular formula is C8H10O4. The summed E-state index contributed by atoms with van der Waals surface area (Å²) in [4.78, 5) is 20.5. The van der Waals surface area contributed by atoms with Gasteiger partial charge >= 0.3 is 11.9 Å². The summed E-state index contributed by atoms with van der Waals surface area (Å²) in [6.07, 6.45) is 3.94. The van der Waals surface area contributed by atoms with Gasteiger partial charge in [-0.25, -0.2) is 4.79 Å². The van der Waals surface area contributed by atoms with Crippen LogP contribution in [0.3, 0.4) is 0 Å². The van der Waals surface area contributed by atoms with Gasteiger partial charge < -0.3 is 10.2 Å². The summed E-state index contributed by atoms with van der Waals surface area (Å²) in [5, 5.41) is 16.8. The van der Waals surface area contributed by atoms with Crippen LogP contribution in [-0.4, -0.2) is 22.2 Å². The number of carboxylic acids is 2. The van der Waals surface area contributed by atoms with Crippen LogP contribution >= 0.6 is 0 Å². The third-order valence-electron chi connectivity index (χ3n) is 1.11. The van der Waals surface area contributed by atoms with Gasteiger partial charge in [0.25, 0.3) is 0 Å². The first-order valence-electron chi connectivity index (χ1n) is 3.35. The van der Waals surface area contributed by atoms with Crippen LogP contribution in [0.15, 0.2) is 23.8 Å². The van der Waals surface area contributed by atoms with Crippen molar-refractivity contribution in [2.24, 2.45) is 0 Å². The largest absolute Gasteiger partial charge is 0.481 e. The maximum absolute atomic E-state index is 10.4. The Hall–Kier alpha value is -1.58. The van der Waals surface area contributed by atoms with E-state index in [9.17, 15) is 9.59 Å². The number of rotatable bonds is 4. The van der Waals surface area contributed by atoms with E-state index in [1.54, 1.807) is 13.0 Å². The second-order valence-corrected chi connectivity index (χ2v) is 2.09. The lowest BCUT2D eigenvalue weighted by Gasteiger charge is -1.94. The van der Waals surface area contributed by atoms with Gasteiger partial charge in [0.15, 0.2) is 0 Å². The molecular weight excluding hydrogens is 160 g/mol. The summed E-state index contributed by atoms with van der Waals surface area (Å²) in [6, 6.07) is 0. The van der Waals surface area contributed by atoms with Crippen LogP contribution in [0, 0.1) is 0 Å². The molecule has 0 atom stereocenters. The minimum Gasteiger partial charge on any atom is -0.481 e. The summed E-state index contributed by atoms with van der Waals surface area (Å²) in [7, 11) is 0. The Morgan fingerprint density at radius 3 is 2.25 bits per heavy atom. The van der Waals surface area contributed by atoms with Crippen LogP contribution < -0.4 is 0 Å². The van der Waals surface area contributed by atoms with Gasteiger partial charge in [-0.05, 0) is 6.92 Å². The third kappa shape index (κ3) is 4.27. The van der Waals surface area contributed by atoms with E-state index in [0.29, 0.717) is 0 Å². The molecule has 4 heteroatoms. The highest BCUT2D eigenvalue weighted by Crippen LogP contribution is 2.01. The topological polar surface area (TPSA) is 74.6 Å². The van der Waals surface area contributed by atoms with Crippen molar-refractivity contribution in [3.05, 3.63) is 23.8 Å². The van der Waals surface area contributed by atoms with E-state index >= 15 is 0 Å². The molecule has 0 heterocycles. The van der Waals surface area contributed by atoms with Gasteiger partial charge in [0.1, 0.15) is 0 Å². The molecule has 0 aromatic carbocycles. The molecule has 0 fully saturated rings. The molecule has 0 rings (SSSR count). The van der Waals surface area contributed by atoms with Gasteiger partial charge in [0, 0.05) is 5.57 Å². The summed E-state index contributed by atoms with van der Waals surface area (Å²) < 4.78 is 0. The SMILES string of the molecule is C/C=C/C=C(\CC(=O)O)C(=O)O. The molecule has 0 aromatic heterocycles. The molecule has 2 N–H and O–H groups in total. The minimum absolute atomic E-state index is 0.124. The van der Waals surface area contributed by atoms with Crippen molar-refractivity contribution >= 4 is 11.9 Å². The normalized spacial score (nSPS) is 11.9. The number of carboxylic acid groups (broad SMARTS) is 2. The van der Waals surface area contributed by atoms with Crippen molar-refractivity contribution in [2.45, 2.75) is 13.3 Å². The van der Waals surface area contributed by atoms with Gasteiger partial charge in [-0.15, -0.1) is 0 Å². The highest BCUT2D eigenvalue weighted by molar-refractivity contribution is 5.92. The zero-order valence-electron chi connectivity index (χ0n) is 6.65. The first kappa shape index (κ1) is 10.4. The van der Waals surface area contributed by atoms with E-state index in [-0.39, 0.29) is 5.57 Å². The lowest BCUT2D eigenvalue weighted by atomic mass is 10.2. The van der Waals surface area contributed by atoms with Crippen LogP contribution in [0.25, 0.3) is 0 Å². The smallest absolute Gasteiger partial charge is 0.332 e. The van der Waals surface area contributed by atoms with Crippen LogP contribution in [0.5, 0.6) is 0 Å². The van der Waals surface area contributed by atoms with E-state index < -0.39 is 18.4 Å². The average Bonchev–Trinajstić information content (AvgIpc) is 1.96. The second kappa shape index (κ2) is 5.12. The Balaban J connectivity index is 4.43. The Morgan fingerprint density at radius 2 is 1.92 bits per heavy atom. The fourth-order valence-corrected chi connectivity index (χ4v) is 0.581. The zero-order valence-corrected chi connectivity index (χ0v) is 6.65. The van der Waals surface area contributed by atoms with Gasteiger partial charge in [-0.3, -0.25) is 4.79 Å². The molecule has 4 nitrogen and oxygen atoms in total. The Bertz CT molecular complexity index is 237. The van der Waals surface area contributed by atoms with Crippen LogP contribution in [0.2, 0.25) is 0 Å². The van der Waals surface area contributed by atoms with E-state index in [0.717, 1.165) is 0 Å². The molecule has 0 saturated carbocycles. The maximum atomic E-state index is 10.4. The van der Waals surface area contributed by atoms with Gasteiger partial charge in [-0.1, -0.05) is 18.2 Å². The summed E-state index contributed by atoms with van der Waals surface area (Å²) in [5.74, 6) is -2.34. The molecule has 0 aliphatic carbocycles. The lowest BCUT2D eigenvalue weighted by Crippen LogP contribution is -2.06. The first-order valence-corrected chi connectivity index (χ1v) is 3.35. The molecule has 0 aliphatic rings. The lowest BCUT2D eigenvalue weighted by molar-refractivity contribution is -0.139. The highest BCUT2D eigenvalue weighted by Gasteiger charge is 2.09. The number of allylic oxidation sites excluding steroid dienone is 3. The monoisotopic (exact) mass is 170 g/mol. The predicted octanol–water partition coefficient (Wildman–Crippen LogP) is 1.05. The summed E-state index contributed by atoms with van der Waals surface area (Å²) in [5.41, 5.74) is -0.124. The molecule has 0 unspecified atom stereocenters. The van der Waals surface area contributed by atoms with Gasteiger partial charge in [-0.2, -0.15) is 0 Å². The van der Waals surface area contributed by atoms with Crippen molar-refractivity contribution in [3.8, 4) is 0 Å². The Labute approximate surface area is 69.8 Å². The fourth-order valence-electron chi connectivity index (χ4n) is 0.581. The molecule has 0 radical (unpaired) electrons. The summed E-state index contributed by atoms with van der Waals surface area (Å²) >= 11 is 0. The second-order valence-electron chi connectivity index (χ2n) is 2.09. The molecule has 0 aromatic rings. The molecule has 12 heavy (non-hydrogen) atoms. The van der Waals surface area contributed by atoms with E-state index in [4.69, 9.17) is 10.2 Å². The van der Waals surface area contributed by atoms with Crippen molar-refractivity contribution < 1.29 is 19.8 Å². The zero-order chi connectivity index (χ0) is 9.56. The molecule has 0 aliphatic heterocycles. The maximum Gasteiger partial charge on any atom is 0.332 e. The first-order chi connectivity index (χ1) is 5.57. The van der Waals surface area contributed by atoms with Crippen molar-refractivity contribution in [2.75, 3.05) is 0 Å². The van der Waals surface area contributed by atoms with Crippen LogP contribution in [0.1, 0.15) is 13.3 Å². The predicted molar refractivity (Wildman–Crippen MR) is 42.8 cm³/mol. The van der Waals surface area contributed by atoms with Gasteiger partial charge in [0.05, 0.1) is 6.42 Å². The van der Waals surface area contributed by atoms with Crippen molar-refractivity contribution in [3.63, 3.8) is 0 Å². The average molecular weight is 170 g/mol. The quantitative estimate of drug-likeness (QED) is 0.488. The van der Waals surface area contributed by atoms with Crippen molar-refractivity contribution in [1.82, 2.24) is 0 Å². The molecule has 0 amide bonds. The Kier molecular flexibility index (Phi) is 4.45. The van der Waals surface area contributed by atoms with Gasteiger partial charge in [0.2, 0.25) is 0 Å². The fraction of sp³-hybridized carbons (Fsp3) is 0.250. The number of aliphatic carboxylic acids is 2. The molecule has 0 spiro atoms. The Morgan fingerprint density at radius 1 is 1.33 bits per heavy atom. The number of hydrogen-bond acceptors (Lipinski definition) is 2.